The summed E-state index contributed by atoms with van der Waals surface area (Å²) in [5, 5.41) is 29.9. The van der Waals surface area contributed by atoms with Gasteiger partial charge in [-0.2, -0.15) is 10.2 Å². The van der Waals surface area contributed by atoms with Gasteiger partial charge in [0.25, 0.3) is 5.91 Å². The van der Waals surface area contributed by atoms with E-state index in [1.54, 1.807) is 61.0 Å². The van der Waals surface area contributed by atoms with Gasteiger partial charge in [0.15, 0.2) is 6.17 Å². The van der Waals surface area contributed by atoms with Crippen molar-refractivity contribution in [2.24, 2.45) is 0 Å². The number of nitro groups is 1. The topological polar surface area (TPSA) is 123 Å². The fraction of sp³-hybridized carbons (Fsp3) is 0.238. The molecule has 0 fully saturated rings. The zero-order valence-corrected chi connectivity index (χ0v) is 17.2. The number of nitrogens with one attached hydrogen (secondary N) is 1. The van der Waals surface area contributed by atoms with Crippen LogP contribution >= 0.6 is 0 Å². The van der Waals surface area contributed by atoms with Gasteiger partial charge >= 0.3 is 5.69 Å². The fourth-order valence-electron chi connectivity index (χ4n) is 3.83. The lowest BCUT2D eigenvalue weighted by atomic mass is 10.0. The maximum Gasteiger partial charge on any atom is 0.312 e. The third-order valence-electron chi connectivity index (χ3n) is 5.37. The van der Waals surface area contributed by atoms with E-state index in [1.165, 1.54) is 7.11 Å². The average Bonchev–Trinajstić information content (AvgIpc) is 3.03. The summed E-state index contributed by atoms with van der Waals surface area (Å²) in [7, 11) is 1.53. The van der Waals surface area contributed by atoms with Crippen LogP contribution < -0.4 is 10.1 Å². The van der Waals surface area contributed by atoms with Crippen molar-refractivity contribution >= 4 is 17.3 Å². The molecule has 3 aromatic rings. The van der Waals surface area contributed by atoms with Gasteiger partial charge in [-0.05, 0) is 43.7 Å². The van der Waals surface area contributed by atoms with Gasteiger partial charge in [0, 0.05) is 11.3 Å². The Morgan fingerprint density at radius 1 is 1.26 bits per heavy atom. The van der Waals surface area contributed by atoms with Crippen LogP contribution in [0.3, 0.4) is 0 Å². The number of anilines is 1. The molecular formula is C21H21N5O5. The number of ether oxygens (including phenoxy) is 1. The van der Waals surface area contributed by atoms with Gasteiger partial charge in [-0.1, -0.05) is 18.2 Å². The number of hydrogen-bond acceptors (Lipinski definition) is 7. The Kier molecular flexibility index (Phi) is 5.07. The van der Waals surface area contributed by atoms with E-state index in [4.69, 9.17) is 4.74 Å². The first kappa shape index (κ1) is 20.4. The fourth-order valence-corrected chi connectivity index (χ4v) is 3.83. The first-order valence-electron chi connectivity index (χ1n) is 9.55. The van der Waals surface area contributed by atoms with Crippen molar-refractivity contribution in [2.45, 2.75) is 26.6 Å². The number of hydroxylamine groups is 2. The number of aryl methyl sites for hydroxylation is 1. The minimum absolute atomic E-state index is 0.0206. The standard InChI is InChI=1S/C21H21N5O5/c1-12-19(26(29)30)13(2)24(23-12)11-15-10-14(8-9-18(15)31-3)20-22-17-7-5-4-6-16(17)21(27)25(20)28/h4-10,20,22,28H,11H2,1-3H3. The second-order valence-corrected chi connectivity index (χ2v) is 7.25. The number of para-hydroxylation sites is 1. The van der Waals surface area contributed by atoms with Crippen LogP contribution in [-0.2, 0) is 6.54 Å². The van der Waals surface area contributed by atoms with Crippen molar-refractivity contribution in [1.29, 1.82) is 0 Å². The highest BCUT2D eigenvalue weighted by atomic mass is 16.6. The molecule has 4 rings (SSSR count). The van der Waals surface area contributed by atoms with Crippen molar-refractivity contribution in [1.82, 2.24) is 14.8 Å². The number of aromatic nitrogens is 2. The number of hydrogen-bond donors (Lipinski definition) is 2. The number of methoxy groups -OCH3 is 1. The molecule has 10 nitrogen and oxygen atoms in total. The van der Waals surface area contributed by atoms with E-state index in [2.05, 4.69) is 10.4 Å². The quantitative estimate of drug-likeness (QED) is 0.366. The Hall–Kier alpha value is -3.92. The number of nitrogens with zero attached hydrogens (tertiary/aromatic N) is 4. The van der Waals surface area contributed by atoms with E-state index in [-0.39, 0.29) is 12.2 Å². The zero-order valence-electron chi connectivity index (χ0n) is 17.2. The predicted octanol–water partition coefficient (Wildman–Crippen LogP) is 3.42. The van der Waals surface area contributed by atoms with Crippen LogP contribution in [0, 0.1) is 24.0 Å². The van der Waals surface area contributed by atoms with E-state index in [1.807, 2.05) is 0 Å². The van der Waals surface area contributed by atoms with Crippen LogP contribution in [0.5, 0.6) is 5.75 Å². The van der Waals surface area contributed by atoms with Crippen LogP contribution in [0.25, 0.3) is 0 Å². The van der Waals surface area contributed by atoms with E-state index in [9.17, 15) is 20.1 Å². The summed E-state index contributed by atoms with van der Waals surface area (Å²) in [6, 6.07) is 12.2. The molecular weight excluding hydrogens is 402 g/mol. The van der Waals surface area contributed by atoms with Crippen LogP contribution in [0.2, 0.25) is 0 Å². The molecule has 1 unspecified atom stereocenters. The predicted molar refractivity (Wildman–Crippen MR) is 111 cm³/mol. The summed E-state index contributed by atoms with van der Waals surface area (Å²) in [4.78, 5) is 23.5. The maximum absolute atomic E-state index is 12.6. The van der Waals surface area contributed by atoms with E-state index in [0.29, 0.717) is 44.6 Å². The lowest BCUT2D eigenvalue weighted by Crippen LogP contribution is -2.40. The van der Waals surface area contributed by atoms with Crippen LogP contribution in [0.15, 0.2) is 42.5 Å². The highest BCUT2D eigenvalue weighted by Crippen LogP contribution is 2.34. The molecule has 0 bridgehead atoms. The molecule has 0 saturated heterocycles. The largest absolute Gasteiger partial charge is 0.496 e. The number of amides is 1. The number of carbonyl (C=O) groups is 1. The molecule has 1 amide bonds. The van der Waals surface area contributed by atoms with Gasteiger partial charge in [-0.25, -0.2) is 0 Å². The van der Waals surface area contributed by atoms with Crippen molar-refractivity contribution in [2.75, 3.05) is 12.4 Å². The minimum Gasteiger partial charge on any atom is -0.496 e. The highest BCUT2D eigenvalue weighted by molar-refractivity contribution is 6.01. The van der Waals surface area contributed by atoms with Gasteiger partial charge in [-0.15, -0.1) is 0 Å². The summed E-state index contributed by atoms with van der Waals surface area (Å²) in [5.41, 5.74) is 3.06. The molecule has 0 spiro atoms. The van der Waals surface area contributed by atoms with Crippen LogP contribution in [0.4, 0.5) is 11.4 Å². The Bertz CT molecular complexity index is 1190. The summed E-state index contributed by atoms with van der Waals surface area (Å²) >= 11 is 0. The number of rotatable bonds is 5. The van der Waals surface area contributed by atoms with Crippen molar-refractivity contribution in [3.8, 4) is 5.75 Å². The lowest BCUT2D eigenvalue weighted by molar-refractivity contribution is -0.386. The summed E-state index contributed by atoms with van der Waals surface area (Å²) in [6.07, 6.45) is -0.804. The molecule has 31 heavy (non-hydrogen) atoms. The monoisotopic (exact) mass is 423 g/mol. The normalized spacial score (nSPS) is 15.4. The molecule has 0 aliphatic carbocycles. The summed E-state index contributed by atoms with van der Waals surface area (Å²) < 4.78 is 6.99. The summed E-state index contributed by atoms with van der Waals surface area (Å²) in [6.45, 7) is 3.45. The average molecular weight is 423 g/mol. The lowest BCUT2D eigenvalue weighted by Gasteiger charge is -2.33. The number of fused-ring (bicyclic) bond motifs is 1. The Balaban J connectivity index is 1.72. The van der Waals surface area contributed by atoms with Gasteiger partial charge < -0.3 is 10.1 Å². The molecule has 1 atom stereocenters. The second kappa shape index (κ2) is 7.73. The Morgan fingerprint density at radius 2 is 2.00 bits per heavy atom. The molecule has 2 N–H and O–H groups in total. The molecule has 10 heteroatoms. The molecule has 1 aliphatic heterocycles. The van der Waals surface area contributed by atoms with Crippen molar-refractivity contribution < 1.29 is 19.7 Å². The molecule has 2 aromatic carbocycles. The first-order chi connectivity index (χ1) is 14.8. The number of carbonyl (C=O) groups excluding carboxylic acids is 1. The molecule has 0 saturated carbocycles. The van der Waals surface area contributed by atoms with Gasteiger partial charge in [0.1, 0.15) is 17.1 Å². The Labute approximate surface area is 177 Å². The van der Waals surface area contributed by atoms with Crippen molar-refractivity contribution in [3.63, 3.8) is 0 Å². The maximum atomic E-state index is 12.6. The summed E-state index contributed by atoms with van der Waals surface area (Å²) in [5.74, 6) is 0.0527. The van der Waals surface area contributed by atoms with Gasteiger partial charge in [0.2, 0.25) is 0 Å². The smallest absolute Gasteiger partial charge is 0.312 e. The van der Waals surface area contributed by atoms with E-state index < -0.39 is 17.0 Å². The first-order valence-corrected chi connectivity index (χ1v) is 9.55. The highest BCUT2D eigenvalue weighted by Gasteiger charge is 2.32. The molecule has 160 valence electrons. The second-order valence-electron chi connectivity index (χ2n) is 7.25. The third kappa shape index (κ3) is 3.46. The molecule has 1 aromatic heterocycles. The number of benzene rings is 2. The molecule has 1 aliphatic rings. The minimum atomic E-state index is -0.804. The molecule has 0 radical (unpaired) electrons. The Morgan fingerprint density at radius 3 is 2.68 bits per heavy atom. The molecule has 2 heterocycles. The zero-order chi connectivity index (χ0) is 22.3. The van der Waals surface area contributed by atoms with E-state index >= 15 is 0 Å². The van der Waals surface area contributed by atoms with Gasteiger partial charge in [0.05, 0.1) is 24.1 Å². The van der Waals surface area contributed by atoms with Crippen molar-refractivity contribution in [3.05, 3.63) is 80.7 Å². The SMILES string of the molecule is COc1ccc(C2Nc3ccccc3C(=O)N2O)cc1Cn1nc(C)c([N+](=O)[O-])c1C. The van der Waals surface area contributed by atoms with E-state index in [0.717, 1.165) is 0 Å². The van der Waals surface area contributed by atoms with Crippen LogP contribution in [-0.4, -0.2) is 38.0 Å². The third-order valence-corrected chi connectivity index (χ3v) is 5.37. The van der Waals surface area contributed by atoms with Crippen LogP contribution in [0.1, 0.15) is 39.0 Å². The van der Waals surface area contributed by atoms with Gasteiger partial charge in [-0.3, -0.25) is 24.8 Å².